The van der Waals surface area contributed by atoms with Gasteiger partial charge in [0.2, 0.25) is 0 Å². The lowest BCUT2D eigenvalue weighted by Crippen LogP contribution is -2.50. The zero-order chi connectivity index (χ0) is 20.0. The van der Waals surface area contributed by atoms with E-state index in [-0.39, 0.29) is 11.5 Å². The van der Waals surface area contributed by atoms with Gasteiger partial charge in [-0.1, -0.05) is 52.2 Å². The molecule has 3 atom stereocenters. The van der Waals surface area contributed by atoms with Gasteiger partial charge in [-0.15, -0.1) is 23.5 Å². The Morgan fingerprint density at radius 3 is 2.50 bits per heavy atom. The number of hydrogen-bond donors (Lipinski definition) is 1. The Balaban J connectivity index is 1.62. The molecule has 1 saturated carbocycles. The Kier molecular flexibility index (Phi) is 8.68. The van der Waals surface area contributed by atoms with Crippen molar-refractivity contribution in [2.24, 2.45) is 17.3 Å². The summed E-state index contributed by atoms with van der Waals surface area (Å²) in [6.07, 6.45) is 12.9. The van der Waals surface area contributed by atoms with Crippen molar-refractivity contribution in [2.75, 3.05) is 24.7 Å². The molecule has 162 valence electrons. The molecule has 5 heteroatoms. The average Bonchev–Trinajstić information content (AvgIpc) is 3.30. The van der Waals surface area contributed by atoms with E-state index in [0.29, 0.717) is 11.8 Å². The highest BCUT2D eigenvalue weighted by molar-refractivity contribution is 8.20. The summed E-state index contributed by atoms with van der Waals surface area (Å²) in [5.41, 5.74) is 0.107. The highest BCUT2D eigenvalue weighted by Gasteiger charge is 2.52. The largest absolute Gasteiger partial charge is 0.389 e. The monoisotopic (exact) mass is 428 g/mol. The normalized spacial score (nSPS) is 31.1. The molecule has 2 aliphatic heterocycles. The fourth-order valence-electron chi connectivity index (χ4n) is 4.68. The van der Waals surface area contributed by atoms with E-state index in [1.54, 1.807) is 0 Å². The lowest BCUT2D eigenvalue weighted by Gasteiger charge is -2.45. The number of unbranched alkanes of at least 4 members (excludes halogenated alkanes) is 2. The number of aliphatic hydroxyl groups excluding tert-OH is 1. The van der Waals surface area contributed by atoms with Gasteiger partial charge in [0.1, 0.15) is 0 Å². The maximum absolute atomic E-state index is 10.3. The maximum Gasteiger partial charge on any atom is 0.171 e. The lowest BCUT2D eigenvalue weighted by molar-refractivity contribution is -0.316. The van der Waals surface area contributed by atoms with Crippen LogP contribution in [0.2, 0.25) is 0 Å². The fourth-order valence-corrected chi connectivity index (χ4v) is 7.55. The molecule has 2 heterocycles. The molecule has 3 rings (SSSR count). The summed E-state index contributed by atoms with van der Waals surface area (Å²) < 4.78 is 13.6. The Morgan fingerprint density at radius 1 is 1.11 bits per heavy atom. The summed E-state index contributed by atoms with van der Waals surface area (Å²) in [6.45, 7) is 8.22. The molecular weight excluding hydrogens is 388 g/mol. The van der Waals surface area contributed by atoms with Crippen molar-refractivity contribution < 1.29 is 14.6 Å². The number of thioether (sulfide) groups is 2. The second kappa shape index (κ2) is 10.6. The van der Waals surface area contributed by atoms with E-state index < -0.39 is 5.79 Å². The van der Waals surface area contributed by atoms with Gasteiger partial charge in [0.25, 0.3) is 0 Å². The molecule has 3 aliphatic rings. The number of aliphatic hydroxyl groups is 1. The maximum atomic E-state index is 10.3. The van der Waals surface area contributed by atoms with E-state index in [9.17, 15) is 5.11 Å². The van der Waals surface area contributed by atoms with Crippen LogP contribution in [0.25, 0.3) is 0 Å². The van der Waals surface area contributed by atoms with Crippen LogP contribution in [0.1, 0.15) is 72.1 Å². The molecule has 0 aromatic rings. The van der Waals surface area contributed by atoms with Crippen LogP contribution in [-0.2, 0) is 9.47 Å². The van der Waals surface area contributed by atoms with E-state index >= 15 is 0 Å². The SMILES string of the molecule is CCCCCC(O)C=C[C@H]1CCC2(OCC(C)(C)CO2)[C@@H]1CCC1SCCS1. The Morgan fingerprint density at radius 2 is 1.82 bits per heavy atom. The van der Waals surface area contributed by atoms with Gasteiger partial charge in [-0.2, -0.15) is 0 Å². The minimum atomic E-state index is -0.397. The molecule has 1 aliphatic carbocycles. The number of ether oxygens (including phenoxy) is 2. The van der Waals surface area contributed by atoms with Crippen LogP contribution in [0.3, 0.4) is 0 Å². The molecule has 0 radical (unpaired) electrons. The molecular formula is C23H40O3S2. The average molecular weight is 429 g/mol. The first-order valence-corrected chi connectivity index (χ1v) is 13.4. The molecule has 1 N–H and O–H groups in total. The van der Waals surface area contributed by atoms with Crippen molar-refractivity contribution in [1.29, 1.82) is 0 Å². The van der Waals surface area contributed by atoms with Crippen LogP contribution >= 0.6 is 23.5 Å². The molecule has 0 aromatic heterocycles. The predicted molar refractivity (Wildman–Crippen MR) is 122 cm³/mol. The molecule has 0 bridgehead atoms. The highest BCUT2D eigenvalue weighted by Crippen LogP contribution is 2.51. The Hall–Kier alpha value is 0.320. The second-order valence-electron chi connectivity index (χ2n) is 9.56. The molecule has 2 saturated heterocycles. The molecule has 3 nitrogen and oxygen atoms in total. The predicted octanol–water partition coefficient (Wildman–Crippen LogP) is 5.87. The second-order valence-corrected chi connectivity index (χ2v) is 12.5. The van der Waals surface area contributed by atoms with Crippen LogP contribution in [-0.4, -0.2) is 46.3 Å². The number of rotatable bonds is 9. The zero-order valence-electron chi connectivity index (χ0n) is 18.0. The third-order valence-corrected chi connectivity index (χ3v) is 9.58. The van der Waals surface area contributed by atoms with Gasteiger partial charge in [-0.25, -0.2) is 0 Å². The van der Waals surface area contributed by atoms with Crippen LogP contribution in [0, 0.1) is 17.3 Å². The molecule has 28 heavy (non-hydrogen) atoms. The van der Waals surface area contributed by atoms with Crippen LogP contribution in [0.15, 0.2) is 12.2 Å². The van der Waals surface area contributed by atoms with Crippen molar-refractivity contribution in [3.63, 3.8) is 0 Å². The summed E-state index contributed by atoms with van der Waals surface area (Å²) in [4.78, 5) is 0. The van der Waals surface area contributed by atoms with Crippen LogP contribution < -0.4 is 0 Å². The van der Waals surface area contributed by atoms with Crippen LogP contribution in [0.4, 0.5) is 0 Å². The minimum Gasteiger partial charge on any atom is -0.389 e. The van der Waals surface area contributed by atoms with E-state index in [1.165, 1.54) is 30.8 Å². The zero-order valence-corrected chi connectivity index (χ0v) is 19.7. The summed E-state index contributed by atoms with van der Waals surface area (Å²) in [5.74, 6) is 3.05. The summed E-state index contributed by atoms with van der Waals surface area (Å²) in [5, 5.41) is 10.3. The molecule has 0 aromatic carbocycles. The molecule has 3 fully saturated rings. The van der Waals surface area contributed by atoms with Crippen molar-refractivity contribution in [3.05, 3.63) is 12.2 Å². The summed E-state index contributed by atoms with van der Waals surface area (Å²) >= 11 is 4.23. The van der Waals surface area contributed by atoms with Crippen molar-refractivity contribution >= 4 is 23.5 Å². The minimum absolute atomic E-state index is 0.107. The summed E-state index contributed by atoms with van der Waals surface area (Å²) in [6, 6.07) is 0. The topological polar surface area (TPSA) is 38.7 Å². The van der Waals surface area contributed by atoms with Gasteiger partial charge in [0.05, 0.1) is 23.9 Å². The fraction of sp³-hybridized carbons (Fsp3) is 0.913. The smallest absolute Gasteiger partial charge is 0.171 e. The van der Waals surface area contributed by atoms with Gasteiger partial charge in [-0.05, 0) is 31.6 Å². The third-order valence-electron chi connectivity index (χ3n) is 6.41. The van der Waals surface area contributed by atoms with Gasteiger partial charge < -0.3 is 14.6 Å². The highest BCUT2D eigenvalue weighted by atomic mass is 32.2. The van der Waals surface area contributed by atoms with Crippen molar-refractivity contribution in [2.45, 2.75) is 88.6 Å². The van der Waals surface area contributed by atoms with Gasteiger partial charge >= 0.3 is 0 Å². The van der Waals surface area contributed by atoms with E-state index in [2.05, 4.69) is 56.4 Å². The van der Waals surface area contributed by atoms with Gasteiger partial charge in [0, 0.05) is 29.3 Å². The van der Waals surface area contributed by atoms with Crippen molar-refractivity contribution in [3.8, 4) is 0 Å². The summed E-state index contributed by atoms with van der Waals surface area (Å²) in [7, 11) is 0. The lowest BCUT2D eigenvalue weighted by atomic mass is 9.86. The van der Waals surface area contributed by atoms with Crippen molar-refractivity contribution in [1.82, 2.24) is 0 Å². The standard InChI is InChI=1S/C23H40O3S2/c1-4-5-6-7-19(24)9-8-18-12-13-23(25-16-22(2,3)17-26-23)20(18)10-11-21-27-14-15-28-21/h8-9,18-21,24H,4-7,10-17H2,1-3H3/t18-,19?,20+/m0/s1. The molecule has 1 spiro atoms. The molecule has 1 unspecified atom stereocenters. The van der Waals surface area contributed by atoms with Gasteiger partial charge in [-0.3, -0.25) is 0 Å². The number of allylic oxidation sites excluding steroid dienone is 1. The van der Waals surface area contributed by atoms with Gasteiger partial charge in [0.15, 0.2) is 5.79 Å². The first kappa shape index (κ1) is 23.0. The first-order valence-electron chi connectivity index (χ1n) is 11.3. The third kappa shape index (κ3) is 6.16. The van der Waals surface area contributed by atoms with Crippen LogP contribution in [0.5, 0.6) is 0 Å². The van der Waals surface area contributed by atoms with E-state index in [0.717, 1.165) is 49.9 Å². The Labute approximate surface area is 180 Å². The van der Waals surface area contributed by atoms with E-state index in [1.807, 2.05) is 0 Å². The van der Waals surface area contributed by atoms with E-state index in [4.69, 9.17) is 9.47 Å². The quantitative estimate of drug-likeness (QED) is 0.367. The first-order chi connectivity index (χ1) is 13.4. The number of hydrogen-bond acceptors (Lipinski definition) is 5. The Bertz CT molecular complexity index is 492. The molecule has 0 amide bonds.